The molecule has 0 aliphatic rings. The van der Waals surface area contributed by atoms with Gasteiger partial charge in [-0.2, -0.15) is 5.10 Å². The average Bonchev–Trinajstić information content (AvgIpc) is 3.11. The number of rotatable bonds is 3. The van der Waals surface area contributed by atoms with E-state index in [0.717, 1.165) is 23.1 Å². The fraction of sp³-hybridized carbons (Fsp3) is 0.118. The van der Waals surface area contributed by atoms with E-state index in [1.807, 2.05) is 18.3 Å². The Balaban J connectivity index is 1.68. The van der Waals surface area contributed by atoms with Crippen LogP contribution in [-0.2, 0) is 13.6 Å². The highest BCUT2D eigenvalue weighted by Gasteiger charge is 2.07. The maximum atomic E-state index is 4.10. The Kier molecular flexibility index (Phi) is 2.67. The van der Waals surface area contributed by atoms with Gasteiger partial charge in [-0.3, -0.25) is 5.10 Å². The molecular formula is C17H16N4. The molecule has 4 rings (SSSR count). The van der Waals surface area contributed by atoms with Crippen LogP contribution in [0.25, 0.3) is 21.8 Å². The minimum atomic E-state index is 0.797. The van der Waals surface area contributed by atoms with E-state index in [2.05, 4.69) is 63.7 Å². The van der Waals surface area contributed by atoms with Crippen LogP contribution >= 0.6 is 0 Å². The monoisotopic (exact) mass is 276 g/mol. The van der Waals surface area contributed by atoms with Crippen LogP contribution in [0.1, 0.15) is 5.56 Å². The van der Waals surface area contributed by atoms with Crippen molar-refractivity contribution in [3.63, 3.8) is 0 Å². The van der Waals surface area contributed by atoms with Gasteiger partial charge in [0, 0.05) is 41.8 Å². The number of aromatic nitrogens is 3. The van der Waals surface area contributed by atoms with Crippen molar-refractivity contribution in [2.75, 3.05) is 5.32 Å². The molecule has 104 valence electrons. The molecule has 0 spiro atoms. The van der Waals surface area contributed by atoms with Gasteiger partial charge in [0.05, 0.1) is 11.7 Å². The van der Waals surface area contributed by atoms with Crippen LogP contribution in [0.2, 0.25) is 0 Å². The Morgan fingerprint density at radius 3 is 2.95 bits per heavy atom. The Morgan fingerprint density at radius 2 is 2.00 bits per heavy atom. The predicted molar refractivity (Wildman–Crippen MR) is 86.3 cm³/mol. The lowest BCUT2D eigenvalue weighted by Crippen LogP contribution is -1.99. The average molecular weight is 276 g/mol. The molecule has 0 unspecified atom stereocenters. The molecule has 21 heavy (non-hydrogen) atoms. The van der Waals surface area contributed by atoms with Gasteiger partial charge >= 0.3 is 0 Å². The molecule has 4 heteroatoms. The van der Waals surface area contributed by atoms with E-state index in [4.69, 9.17) is 0 Å². The maximum Gasteiger partial charge on any atom is 0.0671 e. The molecule has 0 saturated carbocycles. The lowest BCUT2D eigenvalue weighted by molar-refractivity contribution is 0.956. The molecule has 4 aromatic rings. The van der Waals surface area contributed by atoms with E-state index in [0.29, 0.717) is 0 Å². The van der Waals surface area contributed by atoms with Crippen molar-refractivity contribution in [2.24, 2.45) is 7.05 Å². The molecule has 2 heterocycles. The van der Waals surface area contributed by atoms with Crippen molar-refractivity contribution < 1.29 is 0 Å². The lowest BCUT2D eigenvalue weighted by atomic mass is 10.1. The van der Waals surface area contributed by atoms with Crippen molar-refractivity contribution in [2.45, 2.75) is 6.54 Å². The molecule has 2 aromatic heterocycles. The van der Waals surface area contributed by atoms with Crippen molar-refractivity contribution in [1.82, 2.24) is 14.8 Å². The van der Waals surface area contributed by atoms with Crippen molar-refractivity contribution >= 4 is 27.5 Å². The normalized spacial score (nSPS) is 11.3. The number of benzene rings is 2. The summed E-state index contributed by atoms with van der Waals surface area (Å²) >= 11 is 0. The third-order valence-electron chi connectivity index (χ3n) is 3.93. The molecule has 2 aromatic carbocycles. The largest absolute Gasteiger partial charge is 0.380 e. The van der Waals surface area contributed by atoms with E-state index in [9.17, 15) is 0 Å². The first-order valence-electron chi connectivity index (χ1n) is 7.02. The third kappa shape index (κ3) is 1.96. The second-order valence-corrected chi connectivity index (χ2v) is 5.27. The standard InChI is InChI=1S/C17H16N4/c1-21-11-12(13-5-2-3-8-17(13)21)9-18-15-6-4-7-16-14(15)10-19-20-16/h2-8,10-11,18H,9H2,1H3,(H,19,20). The molecule has 4 nitrogen and oxygen atoms in total. The third-order valence-corrected chi connectivity index (χ3v) is 3.93. The van der Waals surface area contributed by atoms with Gasteiger partial charge in [0.25, 0.3) is 0 Å². The van der Waals surface area contributed by atoms with Gasteiger partial charge in [0.15, 0.2) is 0 Å². The topological polar surface area (TPSA) is 45.6 Å². The van der Waals surface area contributed by atoms with Crippen LogP contribution < -0.4 is 5.32 Å². The molecule has 0 aliphatic carbocycles. The summed E-state index contributed by atoms with van der Waals surface area (Å²) in [7, 11) is 2.09. The predicted octanol–water partition coefficient (Wildman–Crippen LogP) is 3.67. The van der Waals surface area contributed by atoms with Crippen LogP contribution in [0, 0.1) is 0 Å². The highest BCUT2D eigenvalue weighted by atomic mass is 15.1. The van der Waals surface area contributed by atoms with Crippen LogP contribution in [0.3, 0.4) is 0 Å². The fourth-order valence-corrected chi connectivity index (χ4v) is 2.88. The number of nitrogens with zero attached hydrogens (tertiary/aromatic N) is 2. The second kappa shape index (κ2) is 4.66. The van der Waals surface area contributed by atoms with E-state index >= 15 is 0 Å². The van der Waals surface area contributed by atoms with Gasteiger partial charge in [0.2, 0.25) is 0 Å². The van der Waals surface area contributed by atoms with Crippen LogP contribution in [0.15, 0.2) is 54.9 Å². The van der Waals surface area contributed by atoms with Gasteiger partial charge in [-0.25, -0.2) is 0 Å². The molecule has 0 amide bonds. The molecule has 0 atom stereocenters. The minimum absolute atomic E-state index is 0.797. The van der Waals surface area contributed by atoms with Crippen molar-refractivity contribution in [3.05, 3.63) is 60.4 Å². The maximum absolute atomic E-state index is 4.10. The number of fused-ring (bicyclic) bond motifs is 2. The van der Waals surface area contributed by atoms with Crippen LogP contribution in [0.4, 0.5) is 5.69 Å². The summed E-state index contributed by atoms with van der Waals surface area (Å²) in [6.07, 6.45) is 4.05. The van der Waals surface area contributed by atoms with Gasteiger partial charge in [-0.15, -0.1) is 0 Å². The number of hydrogen-bond donors (Lipinski definition) is 2. The minimum Gasteiger partial charge on any atom is -0.380 e. The summed E-state index contributed by atoms with van der Waals surface area (Å²) in [5.74, 6) is 0. The second-order valence-electron chi connectivity index (χ2n) is 5.27. The first-order chi connectivity index (χ1) is 10.3. The molecular weight excluding hydrogens is 260 g/mol. The zero-order chi connectivity index (χ0) is 14.2. The summed E-state index contributed by atoms with van der Waals surface area (Å²) in [6.45, 7) is 0.797. The zero-order valence-corrected chi connectivity index (χ0v) is 11.8. The molecule has 0 aliphatic heterocycles. The van der Waals surface area contributed by atoms with Gasteiger partial charge < -0.3 is 9.88 Å². The van der Waals surface area contributed by atoms with Gasteiger partial charge in [-0.1, -0.05) is 24.3 Å². The number of para-hydroxylation sites is 1. The molecule has 0 radical (unpaired) electrons. The Morgan fingerprint density at radius 1 is 1.10 bits per heavy atom. The van der Waals surface area contributed by atoms with E-state index < -0.39 is 0 Å². The molecule has 2 N–H and O–H groups in total. The number of nitrogens with one attached hydrogen (secondary N) is 2. The smallest absolute Gasteiger partial charge is 0.0671 e. The summed E-state index contributed by atoms with van der Waals surface area (Å²) in [6, 6.07) is 14.6. The highest BCUT2D eigenvalue weighted by molar-refractivity contribution is 5.91. The SMILES string of the molecule is Cn1cc(CNc2cccc3[nH]ncc23)c2ccccc21. The van der Waals surface area contributed by atoms with Gasteiger partial charge in [0.1, 0.15) is 0 Å². The number of aromatic amines is 1. The lowest BCUT2D eigenvalue weighted by Gasteiger charge is -2.06. The quantitative estimate of drug-likeness (QED) is 0.599. The number of H-pyrrole nitrogens is 1. The van der Waals surface area contributed by atoms with Crippen LogP contribution in [0.5, 0.6) is 0 Å². The summed E-state index contributed by atoms with van der Waals surface area (Å²) in [4.78, 5) is 0. The summed E-state index contributed by atoms with van der Waals surface area (Å²) in [5, 5.41) is 13.0. The number of anilines is 1. The molecule has 0 saturated heterocycles. The van der Waals surface area contributed by atoms with E-state index in [1.165, 1.54) is 16.5 Å². The van der Waals surface area contributed by atoms with Gasteiger partial charge in [-0.05, 0) is 23.8 Å². The Hall–Kier alpha value is -2.75. The number of aryl methyl sites for hydroxylation is 1. The number of hydrogen-bond acceptors (Lipinski definition) is 2. The van der Waals surface area contributed by atoms with E-state index in [-0.39, 0.29) is 0 Å². The fourth-order valence-electron chi connectivity index (χ4n) is 2.88. The molecule has 0 fully saturated rings. The van der Waals surface area contributed by atoms with Crippen molar-refractivity contribution in [1.29, 1.82) is 0 Å². The summed E-state index contributed by atoms with van der Waals surface area (Å²) < 4.78 is 2.17. The summed E-state index contributed by atoms with van der Waals surface area (Å²) in [5.41, 5.74) is 4.72. The Bertz CT molecular complexity index is 917. The van der Waals surface area contributed by atoms with E-state index in [1.54, 1.807) is 0 Å². The molecule has 0 bridgehead atoms. The Labute approximate surface area is 122 Å². The van der Waals surface area contributed by atoms with Crippen molar-refractivity contribution in [3.8, 4) is 0 Å². The van der Waals surface area contributed by atoms with Crippen LogP contribution in [-0.4, -0.2) is 14.8 Å². The zero-order valence-electron chi connectivity index (χ0n) is 11.8. The highest BCUT2D eigenvalue weighted by Crippen LogP contribution is 2.24. The first kappa shape index (κ1) is 12.0. The first-order valence-corrected chi connectivity index (χ1v) is 7.02.